The maximum absolute atomic E-state index is 12.7. The average molecular weight is 270 g/mol. The van der Waals surface area contributed by atoms with Gasteiger partial charge in [-0.25, -0.2) is 0 Å². The molecule has 1 saturated heterocycles. The molecule has 1 atom stereocenters. The minimum absolute atomic E-state index is 0.142. The third-order valence-electron chi connectivity index (χ3n) is 3.91. The van der Waals surface area contributed by atoms with E-state index >= 15 is 0 Å². The number of amides is 1. The summed E-state index contributed by atoms with van der Waals surface area (Å²) in [4.78, 5) is 14.7. The van der Waals surface area contributed by atoms with Gasteiger partial charge in [-0.05, 0) is 43.9 Å². The largest absolute Gasteiger partial charge is 0.336 e. The van der Waals surface area contributed by atoms with Gasteiger partial charge in [-0.3, -0.25) is 4.79 Å². The molecule has 1 fully saturated rings. The van der Waals surface area contributed by atoms with Crippen molar-refractivity contribution in [2.45, 2.75) is 39.2 Å². The Bertz CT molecular complexity index is 554. The lowest BCUT2D eigenvalue weighted by molar-refractivity contribution is 0.0733. The number of carbonyl (C=O) groups is 1. The molecule has 1 aliphatic heterocycles. The van der Waals surface area contributed by atoms with Gasteiger partial charge >= 0.3 is 0 Å². The SMILES string of the molecule is CCC1CCCN1C(=O)c1cc(C#CCN)ccc1C. The highest BCUT2D eigenvalue weighted by molar-refractivity contribution is 5.96. The van der Waals surface area contributed by atoms with Crippen LogP contribution in [0, 0.1) is 18.8 Å². The van der Waals surface area contributed by atoms with Crippen LogP contribution in [0.25, 0.3) is 0 Å². The molecule has 2 rings (SSSR count). The van der Waals surface area contributed by atoms with Gasteiger partial charge in [0.2, 0.25) is 0 Å². The van der Waals surface area contributed by atoms with Gasteiger partial charge in [-0.1, -0.05) is 24.8 Å². The van der Waals surface area contributed by atoms with E-state index in [4.69, 9.17) is 5.73 Å². The molecule has 0 bridgehead atoms. The fourth-order valence-electron chi connectivity index (χ4n) is 2.77. The minimum Gasteiger partial charge on any atom is -0.336 e. The fraction of sp³-hybridized carbons (Fsp3) is 0.471. The van der Waals surface area contributed by atoms with Gasteiger partial charge in [0.15, 0.2) is 0 Å². The molecule has 3 heteroatoms. The van der Waals surface area contributed by atoms with Crippen LogP contribution in [-0.4, -0.2) is 29.9 Å². The zero-order valence-corrected chi connectivity index (χ0v) is 12.3. The highest BCUT2D eigenvalue weighted by Crippen LogP contribution is 2.23. The summed E-state index contributed by atoms with van der Waals surface area (Å²) in [5, 5.41) is 0. The van der Waals surface area contributed by atoms with E-state index < -0.39 is 0 Å². The van der Waals surface area contributed by atoms with Crippen LogP contribution in [0.2, 0.25) is 0 Å². The number of rotatable bonds is 2. The van der Waals surface area contributed by atoms with Crippen molar-refractivity contribution in [2.24, 2.45) is 5.73 Å². The summed E-state index contributed by atoms with van der Waals surface area (Å²) in [5.74, 6) is 5.97. The highest BCUT2D eigenvalue weighted by atomic mass is 16.2. The summed E-state index contributed by atoms with van der Waals surface area (Å²) >= 11 is 0. The normalized spacial score (nSPS) is 17.8. The lowest BCUT2D eigenvalue weighted by atomic mass is 10.0. The van der Waals surface area contributed by atoms with Crippen molar-refractivity contribution < 1.29 is 4.79 Å². The van der Waals surface area contributed by atoms with E-state index in [0.717, 1.165) is 42.5 Å². The molecule has 0 saturated carbocycles. The molecule has 106 valence electrons. The van der Waals surface area contributed by atoms with E-state index in [1.807, 2.05) is 30.0 Å². The van der Waals surface area contributed by atoms with E-state index in [9.17, 15) is 4.79 Å². The lowest BCUT2D eigenvalue weighted by Crippen LogP contribution is -2.35. The molecule has 0 aromatic heterocycles. The number of nitrogens with zero attached hydrogens (tertiary/aromatic N) is 1. The smallest absolute Gasteiger partial charge is 0.254 e. The molecule has 1 unspecified atom stereocenters. The Labute approximate surface area is 121 Å². The number of likely N-dealkylation sites (tertiary alicyclic amines) is 1. The van der Waals surface area contributed by atoms with Gasteiger partial charge in [0.25, 0.3) is 5.91 Å². The Balaban J connectivity index is 2.29. The first-order chi connectivity index (χ1) is 9.67. The summed E-state index contributed by atoms with van der Waals surface area (Å²) < 4.78 is 0. The zero-order valence-electron chi connectivity index (χ0n) is 12.3. The first-order valence-corrected chi connectivity index (χ1v) is 7.28. The number of aryl methyl sites for hydroxylation is 1. The number of hydrogen-bond donors (Lipinski definition) is 1. The van der Waals surface area contributed by atoms with Crippen molar-refractivity contribution >= 4 is 5.91 Å². The van der Waals surface area contributed by atoms with Gasteiger partial charge in [0, 0.05) is 23.7 Å². The summed E-state index contributed by atoms with van der Waals surface area (Å²) in [6.07, 6.45) is 3.25. The first kappa shape index (κ1) is 14.6. The van der Waals surface area contributed by atoms with Crippen LogP contribution in [0.15, 0.2) is 18.2 Å². The van der Waals surface area contributed by atoms with Gasteiger partial charge in [-0.2, -0.15) is 0 Å². The van der Waals surface area contributed by atoms with Crippen LogP contribution in [-0.2, 0) is 0 Å². The molecule has 3 nitrogen and oxygen atoms in total. The lowest BCUT2D eigenvalue weighted by Gasteiger charge is -2.24. The second-order valence-corrected chi connectivity index (χ2v) is 5.24. The van der Waals surface area contributed by atoms with E-state index in [0.29, 0.717) is 12.6 Å². The minimum atomic E-state index is 0.142. The Kier molecular flexibility index (Phi) is 4.81. The number of hydrogen-bond acceptors (Lipinski definition) is 2. The third-order valence-corrected chi connectivity index (χ3v) is 3.91. The van der Waals surface area contributed by atoms with Crippen molar-refractivity contribution in [3.63, 3.8) is 0 Å². The maximum atomic E-state index is 12.7. The predicted octanol–water partition coefficient (Wildman–Crippen LogP) is 2.32. The molecule has 2 N–H and O–H groups in total. The summed E-state index contributed by atoms with van der Waals surface area (Å²) in [6, 6.07) is 6.19. The van der Waals surface area contributed by atoms with Crippen LogP contribution in [0.1, 0.15) is 47.7 Å². The van der Waals surface area contributed by atoms with Crippen LogP contribution >= 0.6 is 0 Å². The molecule has 0 aliphatic carbocycles. The first-order valence-electron chi connectivity index (χ1n) is 7.28. The molecular formula is C17H22N2O. The molecule has 0 spiro atoms. The summed E-state index contributed by atoms with van der Waals surface area (Å²) in [7, 11) is 0. The van der Waals surface area contributed by atoms with Gasteiger partial charge in [-0.15, -0.1) is 0 Å². The van der Waals surface area contributed by atoms with Crippen LogP contribution < -0.4 is 5.73 Å². The number of nitrogens with two attached hydrogens (primary N) is 1. The summed E-state index contributed by atoms with van der Waals surface area (Å²) in [6.45, 7) is 5.33. The van der Waals surface area contributed by atoms with Crippen molar-refractivity contribution in [3.05, 3.63) is 34.9 Å². The Hall–Kier alpha value is -1.79. The van der Waals surface area contributed by atoms with E-state index in [1.54, 1.807) is 0 Å². The Morgan fingerprint density at radius 2 is 2.30 bits per heavy atom. The summed E-state index contributed by atoms with van der Waals surface area (Å²) in [5.41, 5.74) is 8.03. The average Bonchev–Trinajstić information content (AvgIpc) is 2.94. The molecule has 1 aromatic rings. The van der Waals surface area contributed by atoms with Crippen LogP contribution in [0.4, 0.5) is 0 Å². The second kappa shape index (κ2) is 6.58. The number of benzene rings is 1. The van der Waals surface area contributed by atoms with E-state index in [2.05, 4.69) is 18.8 Å². The van der Waals surface area contributed by atoms with Crippen molar-refractivity contribution in [1.82, 2.24) is 4.90 Å². The monoisotopic (exact) mass is 270 g/mol. The van der Waals surface area contributed by atoms with Crippen molar-refractivity contribution in [2.75, 3.05) is 13.1 Å². The standard InChI is InChI=1S/C17H22N2O/c1-3-15-7-5-11-19(15)17(20)16-12-14(6-4-10-18)9-8-13(16)2/h8-9,12,15H,3,5,7,10-11,18H2,1-2H3. The molecule has 1 aromatic carbocycles. The Morgan fingerprint density at radius 1 is 1.50 bits per heavy atom. The van der Waals surface area contributed by atoms with Crippen LogP contribution in [0.5, 0.6) is 0 Å². The molecular weight excluding hydrogens is 248 g/mol. The van der Waals surface area contributed by atoms with Crippen molar-refractivity contribution in [3.8, 4) is 11.8 Å². The van der Waals surface area contributed by atoms with Gasteiger partial charge in [0.05, 0.1) is 6.54 Å². The van der Waals surface area contributed by atoms with E-state index in [-0.39, 0.29) is 5.91 Å². The third kappa shape index (κ3) is 3.02. The topological polar surface area (TPSA) is 46.3 Å². The van der Waals surface area contributed by atoms with Gasteiger partial charge in [0.1, 0.15) is 0 Å². The zero-order chi connectivity index (χ0) is 14.5. The fourth-order valence-corrected chi connectivity index (χ4v) is 2.77. The van der Waals surface area contributed by atoms with Crippen molar-refractivity contribution in [1.29, 1.82) is 0 Å². The molecule has 1 amide bonds. The van der Waals surface area contributed by atoms with Gasteiger partial charge < -0.3 is 10.6 Å². The Morgan fingerprint density at radius 3 is 3.00 bits per heavy atom. The number of carbonyl (C=O) groups excluding carboxylic acids is 1. The predicted molar refractivity (Wildman–Crippen MR) is 81.5 cm³/mol. The second-order valence-electron chi connectivity index (χ2n) is 5.24. The highest BCUT2D eigenvalue weighted by Gasteiger charge is 2.28. The quantitative estimate of drug-likeness (QED) is 0.838. The maximum Gasteiger partial charge on any atom is 0.254 e. The molecule has 1 heterocycles. The van der Waals surface area contributed by atoms with Crippen LogP contribution in [0.3, 0.4) is 0 Å². The molecule has 0 radical (unpaired) electrons. The molecule has 20 heavy (non-hydrogen) atoms. The van der Waals surface area contributed by atoms with E-state index in [1.165, 1.54) is 0 Å². The molecule has 1 aliphatic rings.